The number of nitrogens with zero attached hydrogens (tertiary/aromatic N) is 6. The van der Waals surface area contributed by atoms with Gasteiger partial charge in [0.1, 0.15) is 31.6 Å². The summed E-state index contributed by atoms with van der Waals surface area (Å²) in [7, 11) is -9.95. The first-order valence-electron chi connectivity index (χ1n) is 16.2. The number of rotatable bonds is 10. The molecule has 0 radical (unpaired) electrons. The summed E-state index contributed by atoms with van der Waals surface area (Å²) in [4.78, 5) is 20.0. The van der Waals surface area contributed by atoms with Gasteiger partial charge in [-0.3, -0.25) is 20.2 Å². The van der Waals surface area contributed by atoms with E-state index in [0.717, 1.165) is 12.1 Å². The molecule has 18 nitrogen and oxygen atoms in total. The van der Waals surface area contributed by atoms with Crippen molar-refractivity contribution >= 4 is 125 Å². The van der Waals surface area contributed by atoms with E-state index in [-0.39, 0.29) is 83.0 Å². The van der Waals surface area contributed by atoms with Gasteiger partial charge in [0.05, 0.1) is 19.6 Å². The summed E-state index contributed by atoms with van der Waals surface area (Å²) >= 11 is 0. The fourth-order valence-corrected chi connectivity index (χ4v) is 6.89. The predicted molar refractivity (Wildman–Crippen MR) is 206 cm³/mol. The van der Waals surface area contributed by atoms with Crippen molar-refractivity contribution in [1.29, 1.82) is 0 Å². The first-order chi connectivity index (χ1) is 26.5. The molecule has 0 bridgehead atoms. The van der Waals surface area contributed by atoms with E-state index in [1.54, 1.807) is 86.6 Å². The third-order valence-electron chi connectivity index (χ3n) is 8.30. The Kier molecular flexibility index (Phi) is 14.4. The van der Waals surface area contributed by atoms with E-state index in [1.165, 1.54) is 12.1 Å². The van der Waals surface area contributed by atoms with Crippen molar-refractivity contribution in [1.82, 2.24) is 0 Å². The number of para-hydroxylation sites is 2. The number of phenolic OH excluding ortho intramolecular Hbond substituents is 2. The van der Waals surface area contributed by atoms with Crippen molar-refractivity contribution in [3.05, 3.63) is 128 Å². The Morgan fingerprint density at radius 2 is 0.912 bits per heavy atom. The van der Waals surface area contributed by atoms with Crippen LogP contribution in [0, 0.1) is 20.2 Å². The summed E-state index contributed by atoms with van der Waals surface area (Å²) in [6, 6.07) is 23.9. The molecule has 2 N–H and O–H groups in total. The first kappa shape index (κ1) is 44.5. The van der Waals surface area contributed by atoms with E-state index in [0.29, 0.717) is 45.5 Å². The van der Waals surface area contributed by atoms with E-state index in [9.17, 15) is 56.4 Å². The van der Waals surface area contributed by atoms with Crippen molar-refractivity contribution in [2.45, 2.75) is 36.5 Å². The molecule has 0 fully saturated rings. The van der Waals surface area contributed by atoms with Gasteiger partial charge >= 0.3 is 48.9 Å². The van der Waals surface area contributed by atoms with Gasteiger partial charge < -0.3 is 19.3 Å². The van der Waals surface area contributed by atoms with Gasteiger partial charge in [0, 0.05) is 21.9 Å². The van der Waals surface area contributed by atoms with Crippen LogP contribution >= 0.6 is 0 Å². The van der Waals surface area contributed by atoms with Gasteiger partial charge in [0.25, 0.3) is 11.4 Å². The molecule has 57 heavy (non-hydrogen) atoms. The van der Waals surface area contributed by atoms with Crippen LogP contribution < -0.4 is 0 Å². The zero-order chi connectivity index (χ0) is 40.9. The fourth-order valence-electron chi connectivity index (χ4n) is 5.69. The van der Waals surface area contributed by atoms with Crippen LogP contribution in [0.15, 0.2) is 127 Å². The smallest absolute Gasteiger partial charge is 0.744 e. The Morgan fingerprint density at radius 3 is 1.23 bits per heavy atom. The Balaban J connectivity index is 0.000000248. The number of hydrogen-bond acceptors (Lipinski definition) is 16. The van der Waals surface area contributed by atoms with E-state index in [1.807, 2.05) is 0 Å². The molecule has 0 spiro atoms. The number of nitro benzene ring substituents is 2. The third kappa shape index (κ3) is 9.87. The summed E-state index contributed by atoms with van der Waals surface area (Å²) < 4.78 is 68.8. The zero-order valence-electron chi connectivity index (χ0n) is 29.8. The molecule has 6 rings (SSSR count). The van der Waals surface area contributed by atoms with Gasteiger partial charge in [-0.2, -0.15) is 0 Å². The molecular weight excluding hydrogens is 910 g/mol. The Morgan fingerprint density at radius 1 is 0.561 bits per heavy atom. The average Bonchev–Trinajstić information content (AvgIpc) is 3.15. The number of benzene rings is 6. The maximum Gasteiger partial charge on any atom is 2.00 e. The number of nitro groups is 2. The summed E-state index contributed by atoms with van der Waals surface area (Å²) in [5, 5.41) is 60.3. The number of aryl methyl sites for hydroxylation is 2. The molecule has 0 aliphatic heterocycles. The summed E-state index contributed by atoms with van der Waals surface area (Å²) in [6.07, 6.45) is 0.801. The van der Waals surface area contributed by atoms with Crippen LogP contribution in [0.4, 0.5) is 34.1 Å². The van der Waals surface area contributed by atoms with Gasteiger partial charge in [-0.15, -0.1) is 20.5 Å². The van der Waals surface area contributed by atoms with Crippen LogP contribution in [0.25, 0.3) is 21.5 Å². The molecule has 0 aliphatic rings. The quantitative estimate of drug-likeness (QED) is 0.0431. The standard InChI is InChI=1S/2C18H15N3O6S.Ba/c2*1-2-11-7-5-9-14(17(11)21(23)24)19-20-16-13-8-4-3-6-12(13)10-15(18(16)22)28(25,26)27;/h2*3-10,22H,2H2,1H3,(H,25,26,27);/q;;+2/p-2. The van der Waals surface area contributed by atoms with Crippen molar-refractivity contribution in [2.24, 2.45) is 20.5 Å². The van der Waals surface area contributed by atoms with E-state index >= 15 is 0 Å². The number of fused-ring (bicyclic) bond motifs is 2. The monoisotopic (exact) mass is 938 g/mol. The topological polar surface area (TPSA) is 291 Å². The molecule has 288 valence electrons. The van der Waals surface area contributed by atoms with Gasteiger partial charge in [0.15, 0.2) is 22.9 Å². The Labute approximate surface area is 364 Å². The van der Waals surface area contributed by atoms with Crippen molar-refractivity contribution in [2.75, 3.05) is 0 Å². The maximum absolute atomic E-state index is 11.5. The molecule has 0 saturated heterocycles. The normalized spacial score (nSPS) is 11.7. The van der Waals surface area contributed by atoms with Crippen LogP contribution in [0.3, 0.4) is 0 Å². The number of aromatic hydroxyl groups is 2. The second kappa shape index (κ2) is 18.4. The summed E-state index contributed by atoms with van der Waals surface area (Å²) in [6.45, 7) is 3.51. The number of azo groups is 2. The molecule has 0 unspecified atom stereocenters. The summed E-state index contributed by atoms with van der Waals surface area (Å²) in [5.74, 6) is -1.71. The minimum atomic E-state index is -4.97. The second-order valence-electron chi connectivity index (χ2n) is 11.7. The Bertz CT molecular complexity index is 2640. The van der Waals surface area contributed by atoms with Crippen LogP contribution in [0.2, 0.25) is 0 Å². The van der Waals surface area contributed by atoms with Crippen molar-refractivity contribution in [3.8, 4) is 11.5 Å². The van der Waals surface area contributed by atoms with E-state index in [4.69, 9.17) is 0 Å². The third-order valence-corrected chi connectivity index (χ3v) is 10.00. The number of hydrogen-bond donors (Lipinski definition) is 2. The van der Waals surface area contributed by atoms with Gasteiger partial charge in [-0.25, -0.2) is 16.8 Å². The molecule has 0 atom stereocenters. The van der Waals surface area contributed by atoms with Gasteiger partial charge in [0.2, 0.25) is 0 Å². The average molecular weight is 938 g/mol. The predicted octanol–water partition coefficient (Wildman–Crippen LogP) is 8.29. The van der Waals surface area contributed by atoms with Crippen LogP contribution in [0.5, 0.6) is 11.5 Å². The molecule has 0 saturated carbocycles. The fraction of sp³-hybridized carbons (Fsp3) is 0.111. The molecule has 6 aromatic rings. The molecule has 6 aromatic carbocycles. The SMILES string of the molecule is CCc1cccc(N=Nc2c(O)c(S(=O)(=O)[O-])cc3ccccc23)c1[N+](=O)[O-].CCc1cccc(N=Nc2c(O)c(S(=O)(=O)[O-])cc3ccccc23)c1[N+](=O)[O-].[Ba+2]. The molecule has 0 amide bonds. The Hall–Kier alpha value is -5.17. The first-order valence-corrected chi connectivity index (χ1v) is 19.1. The maximum atomic E-state index is 11.5. The molecule has 21 heteroatoms. The molecule has 0 heterocycles. The zero-order valence-corrected chi connectivity index (χ0v) is 35.9. The van der Waals surface area contributed by atoms with E-state index in [2.05, 4.69) is 20.5 Å². The van der Waals surface area contributed by atoms with Crippen molar-refractivity contribution in [3.63, 3.8) is 0 Å². The number of phenols is 2. The molecule has 0 aliphatic carbocycles. The van der Waals surface area contributed by atoms with E-state index < -0.39 is 51.4 Å². The minimum absolute atomic E-state index is 0. The largest absolute Gasteiger partial charge is 2.00 e. The van der Waals surface area contributed by atoms with Gasteiger partial charge in [-0.05, 0) is 47.9 Å². The molecule has 0 aromatic heterocycles. The van der Waals surface area contributed by atoms with Crippen molar-refractivity contribution < 1.29 is 46.0 Å². The van der Waals surface area contributed by atoms with Gasteiger partial charge in [-0.1, -0.05) is 86.6 Å². The molecular formula is C36H28BaN6O12S2. The minimum Gasteiger partial charge on any atom is -0.744 e. The van der Waals surface area contributed by atoms with Crippen LogP contribution in [-0.4, -0.2) is 94.9 Å². The summed E-state index contributed by atoms with van der Waals surface area (Å²) in [5.41, 5.74) is -0.188. The van der Waals surface area contributed by atoms with Crippen LogP contribution in [0.1, 0.15) is 25.0 Å². The van der Waals surface area contributed by atoms with Crippen LogP contribution in [-0.2, 0) is 33.1 Å². The second-order valence-corrected chi connectivity index (χ2v) is 14.4.